The molecule has 3 heteroatoms. The van der Waals surface area contributed by atoms with Crippen molar-refractivity contribution in [2.24, 2.45) is 0 Å². The van der Waals surface area contributed by atoms with Crippen molar-refractivity contribution in [3.8, 4) is 0 Å². The zero-order chi connectivity index (χ0) is 7.40. The molecule has 1 aromatic rings. The van der Waals surface area contributed by atoms with Gasteiger partial charge in [0.05, 0.1) is 6.54 Å². The van der Waals surface area contributed by atoms with E-state index in [4.69, 9.17) is 0 Å². The summed E-state index contributed by atoms with van der Waals surface area (Å²) in [6.07, 6.45) is 2.08. The van der Waals surface area contributed by atoms with Crippen LogP contribution in [0.5, 0.6) is 0 Å². The fourth-order valence-corrected chi connectivity index (χ4v) is 1.20. The fourth-order valence-electron chi connectivity index (χ4n) is 0.792. The first-order valence-electron chi connectivity index (χ1n) is 3.29. The predicted molar refractivity (Wildman–Crippen MR) is 44.8 cm³/mol. The summed E-state index contributed by atoms with van der Waals surface area (Å²) in [4.78, 5) is 1.32. The smallest absolute Gasteiger partial charge is 0.0997 e. The van der Waals surface area contributed by atoms with E-state index in [2.05, 4.69) is 36.3 Å². The molecule has 0 fully saturated rings. The molecule has 0 amide bonds. The summed E-state index contributed by atoms with van der Waals surface area (Å²) >= 11 is 1.77. The molecule has 3 N–H and O–H groups in total. The highest BCUT2D eigenvalue weighted by atomic mass is 35.5. The highest BCUT2D eigenvalue weighted by Crippen LogP contribution is 2.13. The van der Waals surface area contributed by atoms with Crippen LogP contribution in [0.15, 0.2) is 29.2 Å². The molecule has 0 saturated heterocycles. The molecule has 0 unspecified atom stereocenters. The van der Waals surface area contributed by atoms with E-state index in [1.807, 2.05) is 0 Å². The van der Waals surface area contributed by atoms with E-state index < -0.39 is 0 Å². The molecule has 0 radical (unpaired) electrons. The Labute approximate surface area is 77.8 Å². The van der Waals surface area contributed by atoms with Gasteiger partial charge in [0.25, 0.3) is 0 Å². The van der Waals surface area contributed by atoms with Gasteiger partial charge in [0.1, 0.15) is 0 Å². The molecule has 0 aliphatic carbocycles. The second-order valence-corrected chi connectivity index (χ2v) is 2.98. The van der Waals surface area contributed by atoms with Gasteiger partial charge in [0.2, 0.25) is 0 Å². The zero-order valence-corrected chi connectivity index (χ0v) is 8.08. The lowest BCUT2D eigenvalue weighted by molar-refractivity contribution is -0.386. The number of quaternary nitrogens is 1. The standard InChI is InChI=1S/C8H11NS.ClH/c1-10-8-4-2-7(6-9)3-5-8;/h2-5H,6,9H2,1H3;1H. The molecule has 11 heavy (non-hydrogen) atoms. The molecule has 0 bridgehead atoms. The number of hydrogen-bond donors (Lipinski definition) is 1. The van der Waals surface area contributed by atoms with Crippen molar-refractivity contribution in [3.63, 3.8) is 0 Å². The Balaban J connectivity index is 0.000001000. The van der Waals surface area contributed by atoms with Gasteiger partial charge in [-0.05, 0) is 18.4 Å². The Bertz CT molecular complexity index is 175. The maximum atomic E-state index is 3.80. The summed E-state index contributed by atoms with van der Waals surface area (Å²) in [6.45, 7) is 0.884. The van der Waals surface area contributed by atoms with Gasteiger partial charge in [-0.25, -0.2) is 0 Å². The van der Waals surface area contributed by atoms with Gasteiger partial charge in [-0.3, -0.25) is 0 Å². The Morgan fingerprint density at radius 2 is 1.82 bits per heavy atom. The van der Waals surface area contributed by atoms with E-state index in [1.54, 1.807) is 11.8 Å². The first-order chi connectivity index (χ1) is 4.86. The van der Waals surface area contributed by atoms with Crippen molar-refractivity contribution in [1.29, 1.82) is 0 Å². The summed E-state index contributed by atoms with van der Waals surface area (Å²) in [6, 6.07) is 8.51. The van der Waals surface area contributed by atoms with Gasteiger partial charge in [-0.15, -0.1) is 11.8 Å². The zero-order valence-electron chi connectivity index (χ0n) is 6.51. The lowest BCUT2D eigenvalue weighted by Gasteiger charge is -1.95. The molecule has 1 aromatic carbocycles. The minimum absolute atomic E-state index is 0. The first-order valence-corrected chi connectivity index (χ1v) is 4.51. The monoisotopic (exact) mass is 189 g/mol. The van der Waals surface area contributed by atoms with Gasteiger partial charge in [0.15, 0.2) is 0 Å². The van der Waals surface area contributed by atoms with E-state index in [0.29, 0.717) is 0 Å². The third-order valence-corrected chi connectivity index (χ3v) is 2.19. The Morgan fingerprint density at radius 1 is 1.27 bits per heavy atom. The van der Waals surface area contributed by atoms with Crippen LogP contribution in [0, 0.1) is 0 Å². The van der Waals surface area contributed by atoms with E-state index in [0.717, 1.165) is 6.54 Å². The van der Waals surface area contributed by atoms with Crippen molar-refractivity contribution in [2.75, 3.05) is 6.26 Å². The molecule has 0 atom stereocenters. The molecular formula is C8H12ClNS. The molecule has 62 valence electrons. The molecule has 0 aromatic heterocycles. The normalized spacial score (nSPS) is 8.91. The van der Waals surface area contributed by atoms with Crippen LogP contribution >= 0.6 is 11.8 Å². The van der Waals surface area contributed by atoms with Crippen molar-refractivity contribution in [1.82, 2.24) is 0 Å². The summed E-state index contributed by atoms with van der Waals surface area (Å²) in [5, 5.41) is 0. The molecule has 1 rings (SSSR count). The van der Waals surface area contributed by atoms with Crippen molar-refractivity contribution >= 4 is 11.8 Å². The molecule has 0 heterocycles. The Hall–Kier alpha value is -0.180. The van der Waals surface area contributed by atoms with Gasteiger partial charge in [0, 0.05) is 10.5 Å². The lowest BCUT2D eigenvalue weighted by Crippen LogP contribution is -3.00. The second kappa shape index (κ2) is 5.47. The molecule has 0 saturated carbocycles. The van der Waals surface area contributed by atoms with Crippen LogP contribution in [-0.4, -0.2) is 6.26 Å². The highest BCUT2D eigenvalue weighted by molar-refractivity contribution is 7.98. The van der Waals surface area contributed by atoms with Crippen LogP contribution in [0.1, 0.15) is 5.56 Å². The first kappa shape index (κ1) is 10.8. The quantitative estimate of drug-likeness (QED) is 0.544. The highest BCUT2D eigenvalue weighted by Gasteiger charge is 1.90. The third-order valence-electron chi connectivity index (χ3n) is 1.45. The minimum Gasteiger partial charge on any atom is -1.00 e. The topological polar surface area (TPSA) is 27.6 Å². The SMILES string of the molecule is CSc1ccc(C[NH3+])cc1.[Cl-]. The minimum atomic E-state index is 0. The number of halogens is 1. The maximum Gasteiger partial charge on any atom is 0.0997 e. The average molecular weight is 190 g/mol. The number of hydrogen-bond acceptors (Lipinski definition) is 1. The van der Waals surface area contributed by atoms with Crippen molar-refractivity contribution < 1.29 is 18.1 Å². The van der Waals surface area contributed by atoms with Crippen LogP contribution in [-0.2, 0) is 6.54 Å². The molecular weight excluding hydrogens is 178 g/mol. The van der Waals surface area contributed by atoms with Crippen molar-refractivity contribution in [2.45, 2.75) is 11.4 Å². The predicted octanol–water partition coefficient (Wildman–Crippen LogP) is -1.85. The van der Waals surface area contributed by atoms with Gasteiger partial charge in [-0.1, -0.05) is 12.1 Å². The molecule has 0 aliphatic rings. The largest absolute Gasteiger partial charge is 1.00 e. The number of thioether (sulfide) groups is 1. The van der Waals surface area contributed by atoms with Crippen LogP contribution < -0.4 is 18.1 Å². The van der Waals surface area contributed by atoms with E-state index in [1.165, 1.54) is 10.5 Å². The Kier molecular flexibility index (Phi) is 5.38. The third kappa shape index (κ3) is 3.14. The van der Waals surface area contributed by atoms with Crippen LogP contribution in [0.2, 0.25) is 0 Å². The molecule has 1 nitrogen and oxygen atoms in total. The second-order valence-electron chi connectivity index (χ2n) is 2.10. The van der Waals surface area contributed by atoms with E-state index in [-0.39, 0.29) is 12.4 Å². The fraction of sp³-hybridized carbons (Fsp3) is 0.250. The number of benzene rings is 1. The van der Waals surface area contributed by atoms with Crippen LogP contribution in [0.25, 0.3) is 0 Å². The average Bonchev–Trinajstić information content (AvgIpc) is 2.05. The van der Waals surface area contributed by atoms with Crippen LogP contribution in [0.3, 0.4) is 0 Å². The summed E-state index contributed by atoms with van der Waals surface area (Å²) in [7, 11) is 0. The Morgan fingerprint density at radius 3 is 2.18 bits per heavy atom. The van der Waals surface area contributed by atoms with E-state index >= 15 is 0 Å². The van der Waals surface area contributed by atoms with E-state index in [9.17, 15) is 0 Å². The van der Waals surface area contributed by atoms with Gasteiger partial charge in [-0.2, -0.15) is 0 Å². The number of rotatable bonds is 2. The summed E-state index contributed by atoms with van der Waals surface area (Å²) in [5.41, 5.74) is 5.11. The summed E-state index contributed by atoms with van der Waals surface area (Å²) < 4.78 is 0. The summed E-state index contributed by atoms with van der Waals surface area (Å²) in [5.74, 6) is 0. The molecule has 0 aliphatic heterocycles. The van der Waals surface area contributed by atoms with Crippen LogP contribution in [0.4, 0.5) is 0 Å². The lowest BCUT2D eigenvalue weighted by atomic mass is 10.2. The van der Waals surface area contributed by atoms with Gasteiger partial charge < -0.3 is 18.1 Å². The van der Waals surface area contributed by atoms with Crippen molar-refractivity contribution in [3.05, 3.63) is 29.8 Å². The van der Waals surface area contributed by atoms with Gasteiger partial charge >= 0.3 is 0 Å². The molecule has 0 spiro atoms. The maximum absolute atomic E-state index is 3.80.